The molecule has 4 heteroatoms. The van der Waals surface area contributed by atoms with Gasteiger partial charge in [0, 0.05) is 6.54 Å². The first kappa shape index (κ1) is 15.3. The summed E-state index contributed by atoms with van der Waals surface area (Å²) >= 11 is 0. The minimum atomic E-state index is -0.384. The zero-order valence-corrected chi connectivity index (χ0v) is 13.2. The third-order valence-corrected chi connectivity index (χ3v) is 4.59. The number of carbonyl (C=O) groups excluding carboxylic acids is 2. The Morgan fingerprint density at radius 2 is 1.95 bits per heavy atom. The van der Waals surface area contributed by atoms with Crippen molar-refractivity contribution >= 4 is 11.8 Å². The molecule has 1 aliphatic heterocycles. The van der Waals surface area contributed by atoms with E-state index >= 15 is 0 Å². The lowest BCUT2D eigenvalue weighted by Gasteiger charge is -2.41. The molecule has 3 unspecified atom stereocenters. The van der Waals surface area contributed by atoms with Gasteiger partial charge in [-0.25, -0.2) is 0 Å². The summed E-state index contributed by atoms with van der Waals surface area (Å²) in [5.74, 6) is 1.39. The molecule has 3 atom stereocenters. The van der Waals surface area contributed by atoms with Crippen molar-refractivity contribution in [2.24, 2.45) is 17.3 Å². The van der Waals surface area contributed by atoms with Crippen molar-refractivity contribution in [1.82, 2.24) is 10.2 Å². The molecule has 0 aromatic heterocycles. The summed E-state index contributed by atoms with van der Waals surface area (Å²) in [7, 11) is 0. The van der Waals surface area contributed by atoms with Crippen LogP contribution in [-0.4, -0.2) is 35.8 Å². The van der Waals surface area contributed by atoms with E-state index in [-0.39, 0.29) is 29.8 Å². The summed E-state index contributed by atoms with van der Waals surface area (Å²) in [4.78, 5) is 26.3. The lowest BCUT2D eigenvalue weighted by Crippen LogP contribution is -2.62. The van der Waals surface area contributed by atoms with E-state index in [2.05, 4.69) is 12.2 Å². The third kappa shape index (κ3) is 3.53. The van der Waals surface area contributed by atoms with E-state index in [1.165, 1.54) is 25.7 Å². The van der Waals surface area contributed by atoms with Crippen LogP contribution in [0.2, 0.25) is 0 Å². The monoisotopic (exact) mass is 280 g/mol. The summed E-state index contributed by atoms with van der Waals surface area (Å²) in [6, 6.07) is -0.384. The highest BCUT2D eigenvalue weighted by Gasteiger charge is 2.40. The molecule has 114 valence electrons. The first-order chi connectivity index (χ1) is 9.27. The van der Waals surface area contributed by atoms with Gasteiger partial charge in [0.25, 0.3) is 0 Å². The predicted octanol–water partition coefficient (Wildman–Crippen LogP) is 2.19. The van der Waals surface area contributed by atoms with Gasteiger partial charge in [0.05, 0.1) is 6.54 Å². The summed E-state index contributed by atoms with van der Waals surface area (Å²) in [6.45, 7) is 9.28. The summed E-state index contributed by atoms with van der Waals surface area (Å²) in [5, 5.41) is 2.85. The van der Waals surface area contributed by atoms with Gasteiger partial charge >= 0.3 is 0 Å². The van der Waals surface area contributed by atoms with E-state index in [1.54, 1.807) is 4.90 Å². The minimum Gasteiger partial charge on any atom is -0.342 e. The van der Waals surface area contributed by atoms with E-state index in [1.807, 2.05) is 20.8 Å². The Morgan fingerprint density at radius 3 is 2.55 bits per heavy atom. The summed E-state index contributed by atoms with van der Waals surface area (Å²) in [6.07, 6.45) is 4.93. The van der Waals surface area contributed by atoms with Crippen molar-refractivity contribution in [3.05, 3.63) is 0 Å². The van der Waals surface area contributed by atoms with Crippen LogP contribution < -0.4 is 5.32 Å². The molecule has 0 aromatic rings. The molecular weight excluding hydrogens is 252 g/mol. The Morgan fingerprint density at radius 1 is 1.25 bits per heavy atom. The Balaban J connectivity index is 2.03. The second-order valence-corrected chi connectivity index (χ2v) is 7.72. The van der Waals surface area contributed by atoms with Crippen molar-refractivity contribution < 1.29 is 9.59 Å². The summed E-state index contributed by atoms with van der Waals surface area (Å²) in [5.41, 5.74) is -0.231. The molecule has 20 heavy (non-hydrogen) atoms. The zero-order valence-electron chi connectivity index (χ0n) is 13.2. The molecule has 2 amide bonds. The molecule has 0 bridgehead atoms. The van der Waals surface area contributed by atoms with Crippen molar-refractivity contribution in [2.45, 2.75) is 59.4 Å². The van der Waals surface area contributed by atoms with Gasteiger partial charge in [0.2, 0.25) is 11.8 Å². The largest absolute Gasteiger partial charge is 0.342 e. The average Bonchev–Trinajstić information content (AvgIpc) is 2.32. The molecule has 1 aliphatic carbocycles. The normalized spacial score (nSPS) is 32.2. The molecule has 4 nitrogen and oxygen atoms in total. The molecule has 0 aromatic carbocycles. The molecule has 2 aliphatic rings. The number of piperazine rings is 1. The third-order valence-electron chi connectivity index (χ3n) is 4.59. The number of hydrogen-bond acceptors (Lipinski definition) is 2. The number of nitrogens with one attached hydrogen (secondary N) is 1. The smallest absolute Gasteiger partial charge is 0.246 e. The Hall–Kier alpha value is -1.06. The van der Waals surface area contributed by atoms with Crippen molar-refractivity contribution in [3.8, 4) is 0 Å². The molecule has 0 spiro atoms. The number of amides is 2. The topological polar surface area (TPSA) is 49.4 Å². The quantitative estimate of drug-likeness (QED) is 0.843. The van der Waals surface area contributed by atoms with E-state index in [9.17, 15) is 9.59 Å². The Kier molecular flexibility index (Phi) is 4.40. The average molecular weight is 280 g/mol. The first-order valence-corrected chi connectivity index (χ1v) is 7.85. The maximum absolute atomic E-state index is 12.6. The Labute approximate surface area is 122 Å². The molecule has 1 saturated heterocycles. The van der Waals surface area contributed by atoms with Crippen LogP contribution in [0.1, 0.15) is 53.4 Å². The molecule has 2 fully saturated rings. The second-order valence-electron chi connectivity index (χ2n) is 7.72. The molecule has 1 saturated carbocycles. The van der Waals surface area contributed by atoms with Crippen LogP contribution in [0.5, 0.6) is 0 Å². The van der Waals surface area contributed by atoms with E-state index in [4.69, 9.17) is 0 Å². The zero-order chi connectivity index (χ0) is 14.9. The van der Waals surface area contributed by atoms with Crippen molar-refractivity contribution in [1.29, 1.82) is 0 Å². The standard InChI is InChI=1S/C16H28N2O2/c1-11-6-5-7-12(8-11)9-18-10-13(19)17-14(15(18)20)16(2,3)4/h11-12,14H,5-10H2,1-4H3,(H,17,19). The number of rotatable bonds is 2. The van der Waals surface area contributed by atoms with Crippen LogP contribution in [0.4, 0.5) is 0 Å². The van der Waals surface area contributed by atoms with Gasteiger partial charge in [-0.2, -0.15) is 0 Å². The fourth-order valence-electron chi connectivity index (χ4n) is 3.48. The second kappa shape index (κ2) is 5.74. The fourth-order valence-corrected chi connectivity index (χ4v) is 3.48. The minimum absolute atomic E-state index is 0.0200. The van der Waals surface area contributed by atoms with Gasteiger partial charge < -0.3 is 10.2 Å². The van der Waals surface area contributed by atoms with Crippen LogP contribution in [-0.2, 0) is 9.59 Å². The molecule has 1 heterocycles. The molecule has 1 N–H and O–H groups in total. The van der Waals surface area contributed by atoms with Gasteiger partial charge in [0.15, 0.2) is 0 Å². The highest BCUT2D eigenvalue weighted by molar-refractivity contribution is 5.95. The van der Waals surface area contributed by atoms with E-state index in [0.29, 0.717) is 5.92 Å². The predicted molar refractivity (Wildman–Crippen MR) is 79.1 cm³/mol. The fraction of sp³-hybridized carbons (Fsp3) is 0.875. The van der Waals surface area contributed by atoms with Crippen LogP contribution in [0.15, 0.2) is 0 Å². The molecular formula is C16H28N2O2. The highest BCUT2D eigenvalue weighted by Crippen LogP contribution is 2.30. The number of carbonyl (C=O) groups is 2. The van der Waals surface area contributed by atoms with Gasteiger partial charge in [0.1, 0.15) is 6.04 Å². The highest BCUT2D eigenvalue weighted by atomic mass is 16.2. The summed E-state index contributed by atoms with van der Waals surface area (Å²) < 4.78 is 0. The maximum atomic E-state index is 12.6. The first-order valence-electron chi connectivity index (χ1n) is 7.85. The van der Waals surface area contributed by atoms with Crippen LogP contribution in [0.3, 0.4) is 0 Å². The number of nitrogens with zero attached hydrogens (tertiary/aromatic N) is 1. The van der Waals surface area contributed by atoms with Gasteiger partial charge in [-0.3, -0.25) is 9.59 Å². The van der Waals surface area contributed by atoms with Gasteiger partial charge in [-0.05, 0) is 30.1 Å². The van der Waals surface area contributed by atoms with Crippen LogP contribution in [0.25, 0.3) is 0 Å². The van der Waals surface area contributed by atoms with Gasteiger partial charge in [-0.15, -0.1) is 0 Å². The number of hydrogen-bond donors (Lipinski definition) is 1. The van der Waals surface area contributed by atoms with Crippen molar-refractivity contribution in [3.63, 3.8) is 0 Å². The van der Waals surface area contributed by atoms with Crippen LogP contribution in [0, 0.1) is 17.3 Å². The Bertz CT molecular complexity index is 386. The van der Waals surface area contributed by atoms with Crippen LogP contribution >= 0.6 is 0 Å². The molecule has 2 rings (SSSR count). The SMILES string of the molecule is CC1CCCC(CN2CC(=O)NC(C(C)(C)C)C2=O)C1. The van der Waals surface area contributed by atoms with E-state index in [0.717, 1.165) is 12.5 Å². The lowest BCUT2D eigenvalue weighted by atomic mass is 9.81. The lowest BCUT2D eigenvalue weighted by molar-refractivity contribution is -0.148. The molecule has 0 radical (unpaired) electrons. The maximum Gasteiger partial charge on any atom is 0.246 e. The van der Waals surface area contributed by atoms with E-state index < -0.39 is 0 Å². The van der Waals surface area contributed by atoms with Gasteiger partial charge in [-0.1, -0.05) is 40.5 Å². The van der Waals surface area contributed by atoms with Crippen molar-refractivity contribution in [2.75, 3.05) is 13.1 Å².